The van der Waals surface area contributed by atoms with Crippen molar-refractivity contribution in [2.24, 2.45) is 10.7 Å². The highest BCUT2D eigenvalue weighted by atomic mass is 14.8. The van der Waals surface area contributed by atoms with Crippen LogP contribution < -0.4 is 5.73 Å². The SMILES string of the molecule is C=C/C=N\CN. The molecule has 0 rings (SSSR count). The summed E-state index contributed by atoms with van der Waals surface area (Å²) in [6.45, 7) is 3.75. The van der Waals surface area contributed by atoms with Crippen LogP contribution in [0.15, 0.2) is 17.6 Å². The van der Waals surface area contributed by atoms with Crippen LogP contribution in [-0.2, 0) is 0 Å². The number of aliphatic imine (C=N–C) groups is 1. The smallest absolute Gasteiger partial charge is 0.0859 e. The van der Waals surface area contributed by atoms with Crippen LogP contribution in [0.1, 0.15) is 0 Å². The van der Waals surface area contributed by atoms with Gasteiger partial charge in [0.05, 0.1) is 6.67 Å². The third kappa shape index (κ3) is 3.37. The number of hydrogen-bond acceptors (Lipinski definition) is 2. The number of allylic oxidation sites excluding steroid dienone is 1. The van der Waals surface area contributed by atoms with Gasteiger partial charge in [-0.3, -0.25) is 4.99 Å². The van der Waals surface area contributed by atoms with E-state index in [1.165, 1.54) is 0 Å². The van der Waals surface area contributed by atoms with Gasteiger partial charge in [0.1, 0.15) is 0 Å². The summed E-state index contributed by atoms with van der Waals surface area (Å²) in [6.07, 6.45) is 3.16. The number of hydrogen-bond donors (Lipinski definition) is 1. The van der Waals surface area contributed by atoms with Gasteiger partial charge in [0, 0.05) is 6.21 Å². The van der Waals surface area contributed by atoms with E-state index in [0.717, 1.165) is 0 Å². The topological polar surface area (TPSA) is 38.4 Å². The van der Waals surface area contributed by atoms with E-state index < -0.39 is 0 Å². The predicted molar refractivity (Wildman–Crippen MR) is 27.7 cm³/mol. The van der Waals surface area contributed by atoms with E-state index in [2.05, 4.69) is 11.6 Å². The van der Waals surface area contributed by atoms with Gasteiger partial charge >= 0.3 is 0 Å². The van der Waals surface area contributed by atoms with Gasteiger partial charge in [-0.1, -0.05) is 12.7 Å². The molecule has 0 aliphatic carbocycles. The summed E-state index contributed by atoms with van der Waals surface area (Å²) in [6, 6.07) is 0. The Morgan fingerprint density at radius 1 is 1.83 bits per heavy atom. The van der Waals surface area contributed by atoms with Crippen molar-refractivity contribution in [3.63, 3.8) is 0 Å². The van der Waals surface area contributed by atoms with E-state index in [-0.39, 0.29) is 0 Å². The molecule has 0 bridgehead atoms. The predicted octanol–water partition coefficient (Wildman–Crippen LogP) is 0.159. The van der Waals surface area contributed by atoms with Crippen molar-refractivity contribution in [1.82, 2.24) is 0 Å². The van der Waals surface area contributed by atoms with Crippen LogP contribution in [-0.4, -0.2) is 12.9 Å². The van der Waals surface area contributed by atoms with E-state index >= 15 is 0 Å². The summed E-state index contributed by atoms with van der Waals surface area (Å²) in [7, 11) is 0. The van der Waals surface area contributed by atoms with E-state index in [0.29, 0.717) is 6.67 Å². The van der Waals surface area contributed by atoms with E-state index in [9.17, 15) is 0 Å². The number of nitrogens with two attached hydrogens (primary N) is 1. The molecule has 0 aromatic rings. The summed E-state index contributed by atoms with van der Waals surface area (Å²) < 4.78 is 0. The molecule has 0 aromatic heterocycles. The van der Waals surface area contributed by atoms with Gasteiger partial charge in [-0.2, -0.15) is 0 Å². The lowest BCUT2D eigenvalue weighted by atomic mass is 10.7. The molecule has 0 spiro atoms. The van der Waals surface area contributed by atoms with Crippen LogP contribution in [0.25, 0.3) is 0 Å². The fourth-order valence-corrected chi connectivity index (χ4v) is 0.135. The first-order chi connectivity index (χ1) is 2.91. The summed E-state index contributed by atoms with van der Waals surface area (Å²) in [5.41, 5.74) is 4.97. The Labute approximate surface area is 37.4 Å². The Kier molecular flexibility index (Phi) is 3.91. The van der Waals surface area contributed by atoms with Crippen molar-refractivity contribution >= 4 is 6.21 Å². The minimum atomic E-state index is 0.353. The monoisotopic (exact) mass is 84.1 g/mol. The fourth-order valence-electron chi connectivity index (χ4n) is 0.135. The zero-order valence-electron chi connectivity index (χ0n) is 3.59. The summed E-state index contributed by atoms with van der Waals surface area (Å²) in [4.78, 5) is 3.62. The second-order valence-corrected chi connectivity index (χ2v) is 0.750. The Hall–Kier alpha value is -0.630. The minimum Gasteiger partial charge on any atom is -0.312 e. The summed E-state index contributed by atoms with van der Waals surface area (Å²) in [5, 5.41) is 0. The van der Waals surface area contributed by atoms with Crippen molar-refractivity contribution in [1.29, 1.82) is 0 Å². The van der Waals surface area contributed by atoms with Crippen molar-refractivity contribution in [2.75, 3.05) is 6.67 Å². The zero-order chi connectivity index (χ0) is 4.83. The molecule has 0 aliphatic rings. The maximum atomic E-state index is 4.97. The van der Waals surface area contributed by atoms with Gasteiger partial charge in [-0.15, -0.1) is 0 Å². The Morgan fingerprint density at radius 2 is 2.50 bits per heavy atom. The Balaban J connectivity index is 2.94. The molecule has 2 heteroatoms. The average Bonchev–Trinajstić information content (AvgIpc) is 1.61. The molecule has 0 aliphatic heterocycles. The van der Waals surface area contributed by atoms with Crippen molar-refractivity contribution < 1.29 is 0 Å². The molecular weight excluding hydrogens is 76.1 g/mol. The lowest BCUT2D eigenvalue weighted by Gasteiger charge is -1.71. The highest BCUT2D eigenvalue weighted by Crippen LogP contribution is 1.54. The zero-order valence-corrected chi connectivity index (χ0v) is 3.59. The van der Waals surface area contributed by atoms with Gasteiger partial charge in [0.15, 0.2) is 0 Å². The maximum absolute atomic E-state index is 4.97. The quantitative estimate of drug-likeness (QED) is 0.475. The fraction of sp³-hybridized carbons (Fsp3) is 0.250. The van der Waals surface area contributed by atoms with Gasteiger partial charge in [-0.25, -0.2) is 0 Å². The van der Waals surface area contributed by atoms with Gasteiger partial charge in [0.25, 0.3) is 0 Å². The largest absolute Gasteiger partial charge is 0.312 e. The summed E-state index contributed by atoms with van der Waals surface area (Å²) in [5.74, 6) is 0. The molecule has 0 heterocycles. The Morgan fingerprint density at radius 3 is 2.67 bits per heavy atom. The first-order valence-corrected chi connectivity index (χ1v) is 1.72. The highest BCUT2D eigenvalue weighted by molar-refractivity contribution is 5.69. The Bertz CT molecular complexity index is 56.6. The van der Waals surface area contributed by atoms with E-state index in [4.69, 9.17) is 5.73 Å². The first kappa shape index (κ1) is 5.37. The molecule has 0 saturated heterocycles. The van der Waals surface area contributed by atoms with Crippen LogP contribution >= 0.6 is 0 Å². The van der Waals surface area contributed by atoms with Crippen LogP contribution in [0.2, 0.25) is 0 Å². The van der Waals surface area contributed by atoms with Gasteiger partial charge in [0.2, 0.25) is 0 Å². The van der Waals surface area contributed by atoms with Crippen molar-refractivity contribution in [3.05, 3.63) is 12.7 Å². The normalized spacial score (nSPS) is 9.50. The molecule has 34 valence electrons. The number of rotatable bonds is 2. The van der Waals surface area contributed by atoms with E-state index in [1.54, 1.807) is 12.3 Å². The second kappa shape index (κ2) is 4.37. The molecule has 0 fully saturated rings. The maximum Gasteiger partial charge on any atom is 0.0859 e. The molecule has 0 atom stereocenters. The molecule has 0 radical (unpaired) electrons. The molecule has 2 nitrogen and oxygen atoms in total. The third-order valence-electron chi connectivity index (χ3n) is 0.316. The van der Waals surface area contributed by atoms with Crippen LogP contribution in [0.4, 0.5) is 0 Å². The van der Waals surface area contributed by atoms with E-state index in [1.807, 2.05) is 0 Å². The molecular formula is C4H8N2. The van der Waals surface area contributed by atoms with Crippen LogP contribution in [0.3, 0.4) is 0 Å². The molecule has 0 unspecified atom stereocenters. The molecule has 0 saturated carbocycles. The lowest BCUT2D eigenvalue weighted by Crippen LogP contribution is -1.92. The average molecular weight is 84.1 g/mol. The lowest BCUT2D eigenvalue weighted by molar-refractivity contribution is 1.08. The highest BCUT2D eigenvalue weighted by Gasteiger charge is 1.53. The van der Waals surface area contributed by atoms with Gasteiger partial charge < -0.3 is 5.73 Å². The third-order valence-corrected chi connectivity index (χ3v) is 0.316. The molecule has 0 amide bonds. The van der Waals surface area contributed by atoms with Crippen LogP contribution in [0.5, 0.6) is 0 Å². The molecule has 6 heavy (non-hydrogen) atoms. The van der Waals surface area contributed by atoms with Crippen molar-refractivity contribution in [3.8, 4) is 0 Å². The molecule has 0 aromatic carbocycles. The number of nitrogens with zero attached hydrogens (tertiary/aromatic N) is 1. The second-order valence-electron chi connectivity index (χ2n) is 0.750. The summed E-state index contributed by atoms with van der Waals surface area (Å²) >= 11 is 0. The standard InChI is InChI=1S/C4H8N2/c1-2-3-6-4-5/h2-3H,1,4-5H2/b6-3-. The molecule has 2 N–H and O–H groups in total. The van der Waals surface area contributed by atoms with Crippen molar-refractivity contribution in [2.45, 2.75) is 0 Å². The minimum absolute atomic E-state index is 0.353. The first-order valence-electron chi connectivity index (χ1n) is 1.72. The van der Waals surface area contributed by atoms with Gasteiger partial charge in [-0.05, 0) is 0 Å². The van der Waals surface area contributed by atoms with Crippen LogP contribution in [0, 0.1) is 0 Å².